The standard InChI is InChI=1S/C13H13BrN2O/c1-2-12(14)13(17)10-8-15-16(9-10)11-6-4-3-5-7-11/h3-9,12H,2H2,1H3. The third-order valence-corrected chi connectivity index (χ3v) is 3.59. The monoisotopic (exact) mass is 292 g/mol. The fourth-order valence-corrected chi connectivity index (χ4v) is 1.80. The molecule has 0 aliphatic carbocycles. The second kappa shape index (κ2) is 5.27. The number of rotatable bonds is 4. The van der Waals surface area contributed by atoms with Crippen LogP contribution < -0.4 is 0 Å². The number of aromatic nitrogens is 2. The number of hydrogen-bond donors (Lipinski definition) is 0. The Kier molecular flexibility index (Phi) is 3.74. The smallest absolute Gasteiger partial charge is 0.179 e. The van der Waals surface area contributed by atoms with Crippen LogP contribution in [0.4, 0.5) is 0 Å². The first-order valence-corrected chi connectivity index (χ1v) is 6.42. The normalized spacial score (nSPS) is 12.4. The number of carbonyl (C=O) groups is 1. The van der Waals surface area contributed by atoms with E-state index < -0.39 is 0 Å². The molecule has 17 heavy (non-hydrogen) atoms. The molecular weight excluding hydrogens is 280 g/mol. The highest BCUT2D eigenvalue weighted by atomic mass is 79.9. The molecule has 1 aromatic heterocycles. The molecule has 2 rings (SSSR count). The molecule has 0 radical (unpaired) electrons. The van der Waals surface area contributed by atoms with Crippen LogP contribution in [-0.2, 0) is 0 Å². The molecule has 0 spiro atoms. The van der Waals surface area contributed by atoms with E-state index in [1.807, 2.05) is 37.3 Å². The van der Waals surface area contributed by atoms with Crippen LogP contribution in [0.25, 0.3) is 5.69 Å². The number of para-hydroxylation sites is 1. The highest BCUT2D eigenvalue weighted by Crippen LogP contribution is 2.14. The van der Waals surface area contributed by atoms with Gasteiger partial charge in [0.25, 0.3) is 0 Å². The summed E-state index contributed by atoms with van der Waals surface area (Å²) in [5.41, 5.74) is 1.59. The zero-order valence-corrected chi connectivity index (χ0v) is 11.1. The van der Waals surface area contributed by atoms with Crippen molar-refractivity contribution in [3.63, 3.8) is 0 Å². The van der Waals surface area contributed by atoms with Gasteiger partial charge >= 0.3 is 0 Å². The summed E-state index contributed by atoms with van der Waals surface area (Å²) in [6.45, 7) is 1.97. The van der Waals surface area contributed by atoms with Gasteiger partial charge in [0.2, 0.25) is 0 Å². The fourth-order valence-electron chi connectivity index (χ4n) is 1.54. The summed E-state index contributed by atoms with van der Waals surface area (Å²) in [5, 5.41) is 4.20. The van der Waals surface area contributed by atoms with Gasteiger partial charge in [-0.05, 0) is 18.6 Å². The summed E-state index contributed by atoms with van der Waals surface area (Å²) < 4.78 is 1.71. The second-order valence-electron chi connectivity index (χ2n) is 3.75. The highest BCUT2D eigenvalue weighted by molar-refractivity contribution is 9.10. The molecule has 2 aromatic rings. The summed E-state index contributed by atoms with van der Waals surface area (Å²) in [4.78, 5) is 11.8. The van der Waals surface area contributed by atoms with Crippen LogP contribution in [-0.4, -0.2) is 20.4 Å². The number of nitrogens with zero attached hydrogens (tertiary/aromatic N) is 2. The Morgan fingerprint density at radius 1 is 1.41 bits per heavy atom. The number of halogens is 1. The van der Waals surface area contributed by atoms with Gasteiger partial charge in [-0.1, -0.05) is 41.1 Å². The van der Waals surface area contributed by atoms with E-state index in [2.05, 4.69) is 21.0 Å². The molecule has 0 aliphatic rings. The van der Waals surface area contributed by atoms with Gasteiger partial charge in [0.1, 0.15) is 0 Å². The first-order chi connectivity index (χ1) is 8.22. The van der Waals surface area contributed by atoms with E-state index >= 15 is 0 Å². The Morgan fingerprint density at radius 2 is 2.12 bits per heavy atom. The molecule has 1 atom stereocenters. The van der Waals surface area contributed by atoms with Gasteiger partial charge in [0.15, 0.2) is 5.78 Å². The molecule has 4 heteroatoms. The predicted octanol–water partition coefficient (Wildman–Crippen LogP) is 3.23. The molecule has 0 saturated heterocycles. The predicted molar refractivity (Wildman–Crippen MR) is 70.9 cm³/mol. The van der Waals surface area contributed by atoms with E-state index in [0.717, 1.165) is 12.1 Å². The number of alkyl halides is 1. The van der Waals surface area contributed by atoms with Gasteiger partial charge in [-0.15, -0.1) is 0 Å². The second-order valence-corrected chi connectivity index (χ2v) is 4.85. The minimum absolute atomic E-state index is 0.0784. The van der Waals surface area contributed by atoms with Gasteiger partial charge in [0, 0.05) is 6.20 Å². The number of Topliss-reactive ketones (excluding diaryl/α,β-unsaturated/α-hetero) is 1. The van der Waals surface area contributed by atoms with Crippen LogP contribution >= 0.6 is 15.9 Å². The van der Waals surface area contributed by atoms with Crippen LogP contribution in [0.15, 0.2) is 42.7 Å². The maximum atomic E-state index is 11.9. The molecule has 1 aromatic carbocycles. The molecule has 1 unspecified atom stereocenters. The van der Waals surface area contributed by atoms with Gasteiger partial charge in [0.05, 0.1) is 22.3 Å². The average Bonchev–Trinajstić information content (AvgIpc) is 2.87. The van der Waals surface area contributed by atoms with Gasteiger partial charge in [-0.3, -0.25) is 4.79 Å². The molecule has 88 valence electrons. The molecule has 0 saturated carbocycles. The van der Waals surface area contributed by atoms with Crippen molar-refractivity contribution in [2.75, 3.05) is 0 Å². The zero-order valence-electron chi connectivity index (χ0n) is 9.51. The molecule has 0 bridgehead atoms. The molecule has 0 aliphatic heterocycles. The Hall–Kier alpha value is -1.42. The summed E-state index contributed by atoms with van der Waals surface area (Å²) >= 11 is 3.36. The van der Waals surface area contributed by atoms with E-state index in [1.54, 1.807) is 17.1 Å². The molecule has 3 nitrogen and oxygen atoms in total. The Balaban J connectivity index is 2.25. The van der Waals surface area contributed by atoms with Crippen molar-refractivity contribution in [1.82, 2.24) is 9.78 Å². The van der Waals surface area contributed by atoms with Crippen LogP contribution in [0.1, 0.15) is 23.7 Å². The lowest BCUT2D eigenvalue weighted by Gasteiger charge is -2.02. The lowest BCUT2D eigenvalue weighted by atomic mass is 10.1. The number of carbonyl (C=O) groups excluding carboxylic acids is 1. The molecule has 1 heterocycles. The Bertz CT molecular complexity index is 507. The minimum atomic E-state index is -0.129. The van der Waals surface area contributed by atoms with Crippen molar-refractivity contribution in [2.45, 2.75) is 18.2 Å². The van der Waals surface area contributed by atoms with Crippen LogP contribution in [0.5, 0.6) is 0 Å². The molecule has 0 N–H and O–H groups in total. The lowest BCUT2D eigenvalue weighted by molar-refractivity contribution is 0.0990. The minimum Gasteiger partial charge on any atom is -0.293 e. The topological polar surface area (TPSA) is 34.9 Å². The van der Waals surface area contributed by atoms with Gasteiger partial charge in [-0.25, -0.2) is 4.68 Å². The van der Waals surface area contributed by atoms with Crippen molar-refractivity contribution in [2.24, 2.45) is 0 Å². The molecule has 0 fully saturated rings. The number of hydrogen-bond acceptors (Lipinski definition) is 2. The SMILES string of the molecule is CCC(Br)C(=O)c1cnn(-c2ccccc2)c1. The number of benzene rings is 1. The van der Waals surface area contributed by atoms with Gasteiger partial charge in [-0.2, -0.15) is 5.10 Å². The average molecular weight is 293 g/mol. The zero-order chi connectivity index (χ0) is 12.3. The van der Waals surface area contributed by atoms with E-state index in [1.165, 1.54) is 0 Å². The third-order valence-electron chi connectivity index (χ3n) is 2.53. The van der Waals surface area contributed by atoms with E-state index in [9.17, 15) is 4.79 Å². The Labute approximate surface area is 109 Å². The highest BCUT2D eigenvalue weighted by Gasteiger charge is 2.16. The van der Waals surface area contributed by atoms with Crippen molar-refractivity contribution in [3.8, 4) is 5.69 Å². The van der Waals surface area contributed by atoms with E-state index in [-0.39, 0.29) is 10.6 Å². The van der Waals surface area contributed by atoms with Crippen LogP contribution in [0.3, 0.4) is 0 Å². The van der Waals surface area contributed by atoms with Crippen LogP contribution in [0.2, 0.25) is 0 Å². The lowest BCUT2D eigenvalue weighted by Crippen LogP contribution is -2.12. The first-order valence-electron chi connectivity index (χ1n) is 5.50. The summed E-state index contributed by atoms with van der Waals surface area (Å²) in [6.07, 6.45) is 4.15. The largest absolute Gasteiger partial charge is 0.293 e. The van der Waals surface area contributed by atoms with Crippen molar-refractivity contribution in [3.05, 3.63) is 48.3 Å². The number of ketones is 1. The fraction of sp³-hybridized carbons (Fsp3) is 0.231. The maximum absolute atomic E-state index is 11.9. The third kappa shape index (κ3) is 2.64. The summed E-state index contributed by atoms with van der Waals surface area (Å²) in [7, 11) is 0. The van der Waals surface area contributed by atoms with Crippen molar-refractivity contribution in [1.29, 1.82) is 0 Å². The Morgan fingerprint density at radius 3 is 2.76 bits per heavy atom. The first kappa shape index (κ1) is 12.0. The van der Waals surface area contributed by atoms with Crippen LogP contribution in [0, 0.1) is 0 Å². The van der Waals surface area contributed by atoms with Crippen molar-refractivity contribution >= 4 is 21.7 Å². The van der Waals surface area contributed by atoms with Crippen molar-refractivity contribution < 1.29 is 4.79 Å². The molecule has 0 amide bonds. The summed E-state index contributed by atoms with van der Waals surface area (Å²) in [5.74, 6) is 0.0784. The maximum Gasteiger partial charge on any atom is 0.179 e. The van der Waals surface area contributed by atoms with E-state index in [4.69, 9.17) is 0 Å². The summed E-state index contributed by atoms with van der Waals surface area (Å²) in [6, 6.07) is 9.74. The quantitative estimate of drug-likeness (QED) is 0.641. The van der Waals surface area contributed by atoms with E-state index in [0.29, 0.717) is 5.56 Å². The molecular formula is C13H13BrN2O. The van der Waals surface area contributed by atoms with Gasteiger partial charge < -0.3 is 0 Å².